The highest BCUT2D eigenvalue weighted by atomic mass is 35.5. The molecule has 0 aliphatic carbocycles. The fourth-order valence-electron chi connectivity index (χ4n) is 6.78. The lowest BCUT2D eigenvalue weighted by Gasteiger charge is -2.37. The van der Waals surface area contributed by atoms with E-state index in [0.717, 1.165) is 22.0 Å². The monoisotopic (exact) mass is 788 g/mol. The van der Waals surface area contributed by atoms with Gasteiger partial charge in [-0.05, 0) is 67.5 Å². The van der Waals surface area contributed by atoms with Crippen LogP contribution in [0.3, 0.4) is 0 Å². The fraction of sp³-hybridized carbons (Fsp3) is 0.366. The number of aromatic nitrogens is 1. The van der Waals surface area contributed by atoms with Crippen molar-refractivity contribution in [1.82, 2.24) is 31.2 Å². The van der Waals surface area contributed by atoms with Crippen molar-refractivity contribution in [2.45, 2.75) is 82.6 Å². The highest BCUT2D eigenvalue weighted by Gasteiger charge is 2.38. The van der Waals surface area contributed by atoms with Crippen LogP contribution >= 0.6 is 11.6 Å². The number of carbonyl (C=O) groups is 6. The zero-order valence-corrected chi connectivity index (χ0v) is 31.7. The number of carbonyl (C=O) groups excluding carboxylic acids is 5. The summed E-state index contributed by atoms with van der Waals surface area (Å²) in [6.07, 6.45) is 2.57. The van der Waals surface area contributed by atoms with Gasteiger partial charge in [0, 0.05) is 49.5 Å². The minimum Gasteiger partial charge on any atom is -0.481 e. The SMILES string of the molecule is Cc1ccc(CNC(=O)[C@H](Cc2ccc(F)cc2)NC(=O)[C@H](Cc2c[nH]c3ccccc23)NC(=O)[C@@H]2CCCCN2C(=O)[C@H](CCC(=O)O)NC(=O)CCl)cc1. The second kappa shape index (κ2) is 19.7. The van der Waals surface area contributed by atoms with Gasteiger partial charge in [0.25, 0.3) is 0 Å². The second-order valence-electron chi connectivity index (χ2n) is 13.9. The van der Waals surface area contributed by atoms with Crippen LogP contribution in [0, 0.1) is 12.7 Å². The summed E-state index contributed by atoms with van der Waals surface area (Å²) in [4.78, 5) is 84.2. The van der Waals surface area contributed by atoms with Crippen LogP contribution in [0.4, 0.5) is 4.39 Å². The molecule has 1 saturated heterocycles. The van der Waals surface area contributed by atoms with E-state index in [-0.39, 0.29) is 38.8 Å². The van der Waals surface area contributed by atoms with Gasteiger partial charge in [0.05, 0.1) is 0 Å². The molecule has 13 nitrogen and oxygen atoms in total. The zero-order chi connectivity index (χ0) is 40.2. The first-order valence-electron chi connectivity index (χ1n) is 18.5. The number of likely N-dealkylation sites (tertiary alicyclic amines) is 1. The highest BCUT2D eigenvalue weighted by Crippen LogP contribution is 2.22. The van der Waals surface area contributed by atoms with Gasteiger partial charge in [-0.1, -0.05) is 60.2 Å². The number of piperidine rings is 1. The number of hydrogen-bond acceptors (Lipinski definition) is 6. The molecule has 56 heavy (non-hydrogen) atoms. The summed E-state index contributed by atoms with van der Waals surface area (Å²) in [5.41, 5.74) is 4.03. The molecule has 296 valence electrons. The molecule has 15 heteroatoms. The second-order valence-corrected chi connectivity index (χ2v) is 14.2. The maximum atomic E-state index is 14.3. The van der Waals surface area contributed by atoms with Crippen molar-refractivity contribution in [1.29, 1.82) is 0 Å². The molecule has 0 spiro atoms. The first-order chi connectivity index (χ1) is 26.9. The third-order valence-electron chi connectivity index (χ3n) is 9.80. The number of para-hydroxylation sites is 1. The van der Waals surface area contributed by atoms with Crippen molar-refractivity contribution >= 4 is 58.0 Å². The summed E-state index contributed by atoms with van der Waals surface area (Å²) in [6.45, 7) is 2.31. The van der Waals surface area contributed by atoms with Crippen molar-refractivity contribution in [3.05, 3.63) is 107 Å². The summed E-state index contributed by atoms with van der Waals surface area (Å²) in [5.74, 6) is -5.14. The first-order valence-corrected chi connectivity index (χ1v) is 19.1. The number of nitrogens with one attached hydrogen (secondary N) is 5. The number of carboxylic acids is 1. The summed E-state index contributed by atoms with van der Waals surface area (Å²) in [6, 6.07) is 16.0. The Morgan fingerprint density at radius 2 is 1.55 bits per heavy atom. The van der Waals surface area contributed by atoms with Crippen LogP contribution in [0.2, 0.25) is 0 Å². The minimum absolute atomic E-state index is 0.0174. The number of fused-ring (bicyclic) bond motifs is 1. The number of rotatable bonds is 17. The van der Waals surface area contributed by atoms with Crippen LogP contribution in [0.15, 0.2) is 79.0 Å². The van der Waals surface area contributed by atoms with Crippen molar-refractivity contribution in [2.24, 2.45) is 0 Å². The zero-order valence-electron chi connectivity index (χ0n) is 31.0. The molecule has 1 aliphatic rings. The van der Waals surface area contributed by atoms with Gasteiger partial charge >= 0.3 is 5.97 Å². The van der Waals surface area contributed by atoms with Gasteiger partial charge in [-0.2, -0.15) is 0 Å². The van der Waals surface area contributed by atoms with E-state index >= 15 is 0 Å². The molecule has 5 rings (SSSR count). The van der Waals surface area contributed by atoms with Gasteiger partial charge in [-0.25, -0.2) is 4.39 Å². The number of aromatic amines is 1. The molecular formula is C41H46ClFN6O7. The molecule has 0 unspecified atom stereocenters. The van der Waals surface area contributed by atoms with Crippen molar-refractivity contribution in [3.63, 3.8) is 0 Å². The number of H-pyrrole nitrogens is 1. The topological polar surface area (TPSA) is 190 Å². The number of carboxylic acid groups (broad SMARTS) is 1. The standard InChI is InChI=1S/C41H46ClFN6O7/c1-25-9-11-27(12-10-25)23-45-38(53)33(20-26-13-15-29(43)16-14-26)47-39(54)34(21-28-24-44-31-7-3-2-6-30(28)31)48-40(55)35-8-4-5-19-49(35)41(56)32(17-18-37(51)52)46-36(50)22-42/h2-3,6-7,9-16,24,32-35,44H,4-5,8,17-23H2,1H3,(H,45,53)(H,46,50)(H,47,54)(H,48,55)(H,51,52)/t32-,33-,34-,35-/m0/s1. The normalized spacial score (nSPS) is 15.6. The van der Waals surface area contributed by atoms with E-state index in [0.29, 0.717) is 24.0 Å². The Morgan fingerprint density at radius 3 is 2.27 bits per heavy atom. The molecule has 6 N–H and O–H groups in total. The van der Waals surface area contributed by atoms with Gasteiger partial charge in [0.15, 0.2) is 0 Å². The Hall–Kier alpha value is -5.76. The predicted octanol–water partition coefficient (Wildman–Crippen LogP) is 3.66. The number of amides is 5. The Balaban J connectivity index is 1.41. The third-order valence-corrected chi connectivity index (χ3v) is 10.0. The lowest BCUT2D eigenvalue weighted by atomic mass is 9.97. The molecule has 1 fully saturated rings. The number of halogens is 2. The number of benzene rings is 3. The molecule has 5 amide bonds. The Labute approximate surface area is 328 Å². The molecule has 0 radical (unpaired) electrons. The molecule has 2 heterocycles. The number of hydrogen-bond donors (Lipinski definition) is 6. The van der Waals surface area contributed by atoms with E-state index < -0.39 is 77.8 Å². The van der Waals surface area contributed by atoms with Gasteiger partial charge in [-0.3, -0.25) is 28.8 Å². The Kier molecular flexibility index (Phi) is 14.6. The quantitative estimate of drug-likeness (QED) is 0.0881. The summed E-state index contributed by atoms with van der Waals surface area (Å²) in [5, 5.41) is 21.2. The van der Waals surface area contributed by atoms with Crippen LogP contribution in [-0.4, -0.2) is 87.1 Å². The molecule has 4 atom stereocenters. The third kappa shape index (κ3) is 11.4. The van der Waals surface area contributed by atoms with Gasteiger partial charge in [0.1, 0.15) is 35.9 Å². The number of aryl methyl sites for hydroxylation is 1. The van der Waals surface area contributed by atoms with Crippen molar-refractivity contribution < 1.29 is 38.3 Å². The van der Waals surface area contributed by atoms with Crippen LogP contribution in [0.5, 0.6) is 0 Å². The van der Waals surface area contributed by atoms with Crippen LogP contribution in [0.25, 0.3) is 10.9 Å². The average molecular weight is 789 g/mol. The Bertz CT molecular complexity index is 2020. The molecule has 1 aromatic heterocycles. The molecular weight excluding hydrogens is 743 g/mol. The van der Waals surface area contributed by atoms with E-state index in [9.17, 15) is 38.3 Å². The number of alkyl halides is 1. The minimum atomic E-state index is -1.23. The largest absolute Gasteiger partial charge is 0.481 e. The van der Waals surface area contributed by atoms with E-state index in [2.05, 4.69) is 26.3 Å². The summed E-state index contributed by atoms with van der Waals surface area (Å²) < 4.78 is 13.8. The van der Waals surface area contributed by atoms with Gasteiger partial charge < -0.3 is 36.3 Å². The van der Waals surface area contributed by atoms with Crippen LogP contribution in [-0.2, 0) is 48.2 Å². The average Bonchev–Trinajstić information content (AvgIpc) is 3.61. The van der Waals surface area contributed by atoms with Crippen molar-refractivity contribution in [3.8, 4) is 0 Å². The molecule has 0 saturated carbocycles. The molecule has 3 aromatic carbocycles. The maximum absolute atomic E-state index is 14.3. The number of aliphatic carboxylic acids is 1. The summed E-state index contributed by atoms with van der Waals surface area (Å²) >= 11 is 5.67. The maximum Gasteiger partial charge on any atom is 0.303 e. The van der Waals surface area contributed by atoms with Gasteiger partial charge in [-0.15, -0.1) is 11.6 Å². The van der Waals surface area contributed by atoms with Crippen molar-refractivity contribution in [2.75, 3.05) is 12.4 Å². The number of nitrogens with zero attached hydrogens (tertiary/aromatic N) is 1. The fourth-order valence-corrected chi connectivity index (χ4v) is 6.86. The lowest BCUT2D eigenvalue weighted by Crippen LogP contribution is -2.61. The molecule has 1 aliphatic heterocycles. The predicted molar refractivity (Wildman–Crippen MR) is 208 cm³/mol. The van der Waals surface area contributed by atoms with E-state index in [1.807, 2.05) is 55.5 Å². The first kappa shape index (κ1) is 41.4. The van der Waals surface area contributed by atoms with Gasteiger partial charge in [0.2, 0.25) is 29.5 Å². The van der Waals surface area contributed by atoms with E-state index in [1.54, 1.807) is 6.20 Å². The van der Waals surface area contributed by atoms with E-state index in [1.165, 1.54) is 29.2 Å². The highest BCUT2D eigenvalue weighted by molar-refractivity contribution is 6.27. The summed E-state index contributed by atoms with van der Waals surface area (Å²) in [7, 11) is 0. The Morgan fingerprint density at radius 1 is 0.857 bits per heavy atom. The lowest BCUT2D eigenvalue weighted by molar-refractivity contribution is -0.146. The smallest absolute Gasteiger partial charge is 0.303 e. The van der Waals surface area contributed by atoms with Crippen LogP contribution in [0.1, 0.15) is 54.4 Å². The molecule has 4 aromatic rings. The van der Waals surface area contributed by atoms with E-state index in [4.69, 9.17) is 11.6 Å². The molecule has 0 bridgehead atoms. The van der Waals surface area contributed by atoms with Crippen LogP contribution < -0.4 is 21.3 Å².